The number of carbonyl (C=O) groups excluding carboxylic acids is 1. The van der Waals surface area contributed by atoms with Gasteiger partial charge in [-0.15, -0.1) is 0 Å². The molecule has 0 fully saturated rings. The molecule has 0 aliphatic heterocycles. The first-order chi connectivity index (χ1) is 11.8. The van der Waals surface area contributed by atoms with E-state index in [0.29, 0.717) is 24.5 Å². The Morgan fingerprint density at radius 3 is 2.12 bits per heavy atom. The van der Waals surface area contributed by atoms with Crippen LogP contribution in [0.15, 0.2) is 24.3 Å². The van der Waals surface area contributed by atoms with E-state index in [0.717, 1.165) is 19.3 Å². The van der Waals surface area contributed by atoms with Crippen LogP contribution in [-0.4, -0.2) is 19.2 Å². The summed E-state index contributed by atoms with van der Waals surface area (Å²) in [5.41, 5.74) is 0.541. The largest absolute Gasteiger partial charge is 0.493 e. The number of ether oxygens (including phenoxy) is 2. The van der Waals surface area contributed by atoms with Crippen molar-refractivity contribution in [1.29, 1.82) is 0 Å². The first-order valence-electron chi connectivity index (χ1n) is 9.68. The van der Waals surface area contributed by atoms with Crippen LogP contribution in [0, 0.1) is 0 Å². The smallest absolute Gasteiger partial charge is 0.341 e. The van der Waals surface area contributed by atoms with Crippen LogP contribution in [0.25, 0.3) is 0 Å². The van der Waals surface area contributed by atoms with Crippen molar-refractivity contribution in [2.24, 2.45) is 0 Å². The lowest BCUT2D eigenvalue weighted by Crippen LogP contribution is -2.09. The molecule has 0 atom stereocenters. The molecule has 1 rings (SSSR count). The summed E-state index contributed by atoms with van der Waals surface area (Å²) in [6, 6.07) is 7.38. The van der Waals surface area contributed by atoms with Crippen LogP contribution in [0.5, 0.6) is 5.75 Å². The van der Waals surface area contributed by atoms with Crippen molar-refractivity contribution in [2.45, 2.75) is 78.1 Å². The van der Waals surface area contributed by atoms with Gasteiger partial charge in [0.2, 0.25) is 0 Å². The van der Waals surface area contributed by atoms with Crippen LogP contribution < -0.4 is 4.74 Å². The maximum Gasteiger partial charge on any atom is 0.341 e. The average Bonchev–Trinajstić information content (AvgIpc) is 2.61. The van der Waals surface area contributed by atoms with Crippen molar-refractivity contribution in [3.05, 3.63) is 29.8 Å². The third kappa shape index (κ3) is 8.95. The highest BCUT2D eigenvalue weighted by Crippen LogP contribution is 2.20. The fourth-order valence-electron chi connectivity index (χ4n) is 2.60. The van der Waals surface area contributed by atoms with E-state index in [2.05, 4.69) is 13.8 Å². The molecule has 0 unspecified atom stereocenters. The molecule has 0 aliphatic rings. The highest BCUT2D eigenvalue weighted by Gasteiger charge is 2.13. The summed E-state index contributed by atoms with van der Waals surface area (Å²) in [7, 11) is 0. The zero-order valence-corrected chi connectivity index (χ0v) is 15.5. The SMILES string of the molecule is CCCCCCCCOC(=O)c1ccccc1OCCCCCC. The maximum absolute atomic E-state index is 12.2. The lowest BCUT2D eigenvalue weighted by molar-refractivity contribution is 0.0493. The van der Waals surface area contributed by atoms with Gasteiger partial charge < -0.3 is 9.47 Å². The Labute approximate surface area is 147 Å². The number of para-hydroxylation sites is 1. The molecular formula is C21H34O3. The van der Waals surface area contributed by atoms with Gasteiger partial charge in [-0.25, -0.2) is 4.79 Å². The molecule has 0 bridgehead atoms. The van der Waals surface area contributed by atoms with E-state index in [1.807, 2.05) is 18.2 Å². The van der Waals surface area contributed by atoms with Crippen LogP contribution >= 0.6 is 0 Å². The Hall–Kier alpha value is -1.51. The fourth-order valence-corrected chi connectivity index (χ4v) is 2.60. The summed E-state index contributed by atoms with van der Waals surface area (Å²) in [6.07, 6.45) is 11.7. The molecular weight excluding hydrogens is 300 g/mol. The van der Waals surface area contributed by atoms with Crippen LogP contribution in [0.2, 0.25) is 0 Å². The van der Waals surface area contributed by atoms with Crippen LogP contribution in [-0.2, 0) is 4.74 Å². The number of hydrogen-bond donors (Lipinski definition) is 0. The zero-order valence-electron chi connectivity index (χ0n) is 15.5. The molecule has 0 N–H and O–H groups in total. The molecule has 0 saturated carbocycles. The van der Waals surface area contributed by atoms with Crippen molar-refractivity contribution < 1.29 is 14.3 Å². The van der Waals surface area contributed by atoms with E-state index in [4.69, 9.17) is 9.47 Å². The first kappa shape index (κ1) is 20.5. The Kier molecular flexibility index (Phi) is 11.9. The van der Waals surface area contributed by atoms with Crippen molar-refractivity contribution >= 4 is 5.97 Å². The van der Waals surface area contributed by atoms with Crippen molar-refractivity contribution in [3.8, 4) is 5.75 Å². The summed E-state index contributed by atoms with van der Waals surface area (Å²) in [4.78, 5) is 12.2. The van der Waals surface area contributed by atoms with Gasteiger partial charge in [0.1, 0.15) is 11.3 Å². The summed E-state index contributed by atoms with van der Waals surface area (Å²) in [5, 5.41) is 0. The molecule has 24 heavy (non-hydrogen) atoms. The Morgan fingerprint density at radius 2 is 1.38 bits per heavy atom. The van der Waals surface area contributed by atoms with Gasteiger partial charge in [0.05, 0.1) is 13.2 Å². The standard InChI is InChI=1S/C21H34O3/c1-3-5-7-9-10-14-18-24-21(22)19-15-11-12-16-20(19)23-17-13-8-6-4-2/h11-12,15-16H,3-10,13-14,17-18H2,1-2H3. The van der Waals surface area contributed by atoms with Crippen LogP contribution in [0.1, 0.15) is 88.4 Å². The fraction of sp³-hybridized carbons (Fsp3) is 0.667. The maximum atomic E-state index is 12.2. The number of esters is 1. The molecule has 0 heterocycles. The summed E-state index contributed by atoms with van der Waals surface area (Å²) >= 11 is 0. The number of hydrogen-bond acceptors (Lipinski definition) is 3. The quantitative estimate of drug-likeness (QED) is 0.302. The van der Waals surface area contributed by atoms with E-state index < -0.39 is 0 Å². The van der Waals surface area contributed by atoms with Gasteiger partial charge in [0, 0.05) is 0 Å². The molecule has 0 aromatic heterocycles. The second-order valence-electron chi connectivity index (χ2n) is 6.31. The minimum absolute atomic E-state index is 0.271. The minimum Gasteiger partial charge on any atom is -0.493 e. The van der Waals surface area contributed by atoms with Gasteiger partial charge in [0.15, 0.2) is 0 Å². The number of unbranched alkanes of at least 4 members (excludes halogenated alkanes) is 8. The highest BCUT2D eigenvalue weighted by atomic mass is 16.5. The molecule has 0 radical (unpaired) electrons. The molecule has 0 amide bonds. The predicted molar refractivity (Wildman–Crippen MR) is 99.7 cm³/mol. The third-order valence-electron chi connectivity index (χ3n) is 4.09. The van der Waals surface area contributed by atoms with Gasteiger partial charge in [-0.2, -0.15) is 0 Å². The molecule has 3 heteroatoms. The summed E-state index contributed by atoms with van der Waals surface area (Å²) in [6.45, 7) is 5.55. The second kappa shape index (κ2) is 13.9. The minimum atomic E-state index is -0.271. The molecule has 136 valence electrons. The van der Waals surface area contributed by atoms with E-state index in [9.17, 15) is 4.79 Å². The molecule has 1 aromatic rings. The van der Waals surface area contributed by atoms with Gasteiger partial charge in [-0.1, -0.05) is 77.3 Å². The first-order valence-corrected chi connectivity index (χ1v) is 9.68. The van der Waals surface area contributed by atoms with Crippen molar-refractivity contribution in [3.63, 3.8) is 0 Å². The lowest BCUT2D eigenvalue weighted by atomic mass is 10.1. The normalized spacial score (nSPS) is 10.6. The number of carbonyl (C=O) groups is 1. The van der Waals surface area contributed by atoms with Crippen LogP contribution in [0.4, 0.5) is 0 Å². The molecule has 3 nitrogen and oxygen atoms in total. The summed E-state index contributed by atoms with van der Waals surface area (Å²) < 4.78 is 11.2. The topological polar surface area (TPSA) is 35.5 Å². The van der Waals surface area contributed by atoms with Gasteiger partial charge in [-0.05, 0) is 25.0 Å². The van der Waals surface area contributed by atoms with Gasteiger partial charge in [-0.3, -0.25) is 0 Å². The van der Waals surface area contributed by atoms with Crippen molar-refractivity contribution in [2.75, 3.05) is 13.2 Å². The van der Waals surface area contributed by atoms with Gasteiger partial charge >= 0.3 is 5.97 Å². The number of rotatable bonds is 14. The van der Waals surface area contributed by atoms with E-state index >= 15 is 0 Å². The zero-order chi connectivity index (χ0) is 17.5. The van der Waals surface area contributed by atoms with Crippen molar-refractivity contribution in [1.82, 2.24) is 0 Å². The molecule has 0 spiro atoms. The molecule has 0 saturated heterocycles. The highest BCUT2D eigenvalue weighted by molar-refractivity contribution is 5.92. The molecule has 0 aliphatic carbocycles. The third-order valence-corrected chi connectivity index (χ3v) is 4.09. The lowest BCUT2D eigenvalue weighted by Gasteiger charge is -2.11. The second-order valence-corrected chi connectivity index (χ2v) is 6.31. The Balaban J connectivity index is 2.30. The Morgan fingerprint density at radius 1 is 0.792 bits per heavy atom. The number of benzene rings is 1. The van der Waals surface area contributed by atoms with E-state index in [-0.39, 0.29) is 5.97 Å². The van der Waals surface area contributed by atoms with Gasteiger partial charge in [0.25, 0.3) is 0 Å². The van der Waals surface area contributed by atoms with Crippen LogP contribution in [0.3, 0.4) is 0 Å². The summed E-state index contributed by atoms with van der Waals surface area (Å²) in [5.74, 6) is 0.370. The molecule has 1 aromatic carbocycles. The Bertz CT molecular complexity index is 442. The van der Waals surface area contributed by atoms with E-state index in [1.165, 1.54) is 44.9 Å². The average molecular weight is 335 g/mol. The van der Waals surface area contributed by atoms with E-state index in [1.54, 1.807) is 6.07 Å². The predicted octanol–water partition coefficient (Wildman–Crippen LogP) is 6.16. The monoisotopic (exact) mass is 334 g/mol.